The van der Waals surface area contributed by atoms with E-state index in [4.69, 9.17) is 0 Å². The van der Waals surface area contributed by atoms with Crippen molar-refractivity contribution in [3.63, 3.8) is 0 Å². The number of hydrogen-bond donors (Lipinski definition) is 1. The predicted molar refractivity (Wildman–Crippen MR) is 117 cm³/mol. The van der Waals surface area contributed by atoms with Crippen LogP contribution in [0.5, 0.6) is 0 Å². The lowest BCUT2D eigenvalue weighted by atomic mass is 10.0. The standard InChI is InChI=1S/C22H21F3N6OS/c1-12-3-4-16(19-26-5-2-6-27-19)18(29-12)20(32)31-10-14-7-13(14)8-15(31)9-28-21-30-17(11-33-21)22(23,24)25/h2-6,11,13-15H,7-10H2,1H3,(H,28,30). The number of aryl methyl sites for hydroxylation is 1. The number of anilines is 1. The molecule has 0 aromatic carbocycles. The number of nitrogens with zero attached hydrogens (tertiary/aromatic N) is 5. The van der Waals surface area contributed by atoms with Gasteiger partial charge in [-0.05, 0) is 49.8 Å². The maximum Gasteiger partial charge on any atom is 0.434 e. The van der Waals surface area contributed by atoms with E-state index < -0.39 is 11.9 Å². The number of likely N-dealkylation sites (tertiary alicyclic amines) is 1. The second kappa shape index (κ2) is 8.36. The zero-order chi connectivity index (χ0) is 23.2. The van der Waals surface area contributed by atoms with Crippen LogP contribution >= 0.6 is 11.3 Å². The van der Waals surface area contributed by atoms with Crippen molar-refractivity contribution in [2.45, 2.75) is 32.0 Å². The van der Waals surface area contributed by atoms with Crippen LogP contribution in [-0.2, 0) is 6.18 Å². The Kier molecular flexibility index (Phi) is 5.51. The Morgan fingerprint density at radius 2 is 1.97 bits per heavy atom. The largest absolute Gasteiger partial charge is 0.434 e. The van der Waals surface area contributed by atoms with Crippen LogP contribution in [0.15, 0.2) is 36.0 Å². The van der Waals surface area contributed by atoms with Gasteiger partial charge in [-0.15, -0.1) is 11.3 Å². The van der Waals surface area contributed by atoms with E-state index in [1.54, 1.807) is 29.4 Å². The number of nitrogens with one attached hydrogen (secondary N) is 1. The minimum atomic E-state index is -4.47. The van der Waals surface area contributed by atoms with Gasteiger partial charge >= 0.3 is 6.18 Å². The molecule has 2 fully saturated rings. The number of carbonyl (C=O) groups is 1. The first-order chi connectivity index (χ1) is 15.8. The number of hydrogen-bond acceptors (Lipinski definition) is 7. The fraction of sp³-hybridized carbons (Fsp3) is 0.409. The van der Waals surface area contributed by atoms with Crippen LogP contribution in [0.4, 0.5) is 18.3 Å². The van der Waals surface area contributed by atoms with Gasteiger partial charge in [-0.25, -0.2) is 19.9 Å². The summed E-state index contributed by atoms with van der Waals surface area (Å²) in [5, 5.41) is 4.19. The molecule has 172 valence electrons. The van der Waals surface area contributed by atoms with Crippen molar-refractivity contribution in [3.05, 3.63) is 53.1 Å². The topological polar surface area (TPSA) is 83.9 Å². The summed E-state index contributed by atoms with van der Waals surface area (Å²) in [4.78, 5) is 32.2. The molecular weight excluding hydrogens is 453 g/mol. The summed E-state index contributed by atoms with van der Waals surface area (Å²) in [6, 6.07) is 5.15. The fourth-order valence-corrected chi connectivity index (χ4v) is 5.04. The minimum Gasteiger partial charge on any atom is -0.359 e. The number of pyridine rings is 1. The molecule has 3 aromatic rings. The quantitative estimate of drug-likeness (QED) is 0.594. The third-order valence-corrected chi connectivity index (χ3v) is 6.90. The van der Waals surface area contributed by atoms with E-state index in [-0.39, 0.29) is 17.1 Å². The van der Waals surface area contributed by atoms with E-state index in [1.165, 1.54) is 0 Å². The Labute approximate surface area is 192 Å². The lowest BCUT2D eigenvalue weighted by Crippen LogP contribution is -2.48. The van der Waals surface area contributed by atoms with Crippen molar-refractivity contribution in [2.75, 3.05) is 18.4 Å². The summed E-state index contributed by atoms with van der Waals surface area (Å²) in [6.45, 7) is 2.74. The average Bonchev–Trinajstić information content (AvgIpc) is 3.38. The van der Waals surface area contributed by atoms with Crippen LogP contribution in [0.2, 0.25) is 0 Å². The summed E-state index contributed by atoms with van der Waals surface area (Å²) >= 11 is 0.909. The average molecular weight is 475 g/mol. The SMILES string of the molecule is Cc1ccc(-c2ncccn2)c(C(=O)N2CC3CC3CC2CNc2nc(C(F)(F)F)cs2)n1. The molecule has 3 aromatic heterocycles. The second-order valence-corrected chi connectivity index (χ2v) is 9.30. The molecule has 1 N–H and O–H groups in total. The van der Waals surface area contributed by atoms with Gasteiger partial charge in [0.2, 0.25) is 0 Å². The van der Waals surface area contributed by atoms with Crippen LogP contribution in [0, 0.1) is 18.8 Å². The molecule has 0 bridgehead atoms. The molecule has 11 heteroatoms. The fourth-order valence-electron chi connectivity index (χ4n) is 4.31. The van der Waals surface area contributed by atoms with Crippen molar-refractivity contribution in [2.24, 2.45) is 11.8 Å². The van der Waals surface area contributed by atoms with E-state index in [1.807, 2.05) is 13.0 Å². The molecule has 33 heavy (non-hydrogen) atoms. The molecule has 3 atom stereocenters. The molecule has 1 aliphatic carbocycles. The molecule has 5 rings (SSSR count). The summed E-state index contributed by atoms with van der Waals surface area (Å²) in [6.07, 6.45) is 0.608. The van der Waals surface area contributed by atoms with Crippen molar-refractivity contribution in [1.82, 2.24) is 24.8 Å². The number of piperidine rings is 1. The smallest absolute Gasteiger partial charge is 0.359 e. The Morgan fingerprint density at radius 1 is 1.18 bits per heavy atom. The highest BCUT2D eigenvalue weighted by atomic mass is 32.1. The van der Waals surface area contributed by atoms with Gasteiger partial charge in [0.25, 0.3) is 5.91 Å². The van der Waals surface area contributed by atoms with Gasteiger partial charge in [-0.2, -0.15) is 13.2 Å². The summed E-state index contributed by atoms with van der Waals surface area (Å²) in [5.74, 6) is 1.22. The van der Waals surface area contributed by atoms with Crippen molar-refractivity contribution in [1.29, 1.82) is 0 Å². The summed E-state index contributed by atoms with van der Waals surface area (Å²) in [5.41, 5.74) is 0.645. The molecule has 1 amide bonds. The van der Waals surface area contributed by atoms with Crippen LogP contribution in [0.1, 0.15) is 34.7 Å². The van der Waals surface area contributed by atoms with Crippen LogP contribution in [0.25, 0.3) is 11.4 Å². The highest BCUT2D eigenvalue weighted by Crippen LogP contribution is 2.47. The molecule has 1 aliphatic heterocycles. The molecule has 4 heterocycles. The molecule has 1 saturated heterocycles. The monoisotopic (exact) mass is 474 g/mol. The molecule has 7 nitrogen and oxygen atoms in total. The number of aromatic nitrogens is 4. The zero-order valence-electron chi connectivity index (χ0n) is 17.7. The predicted octanol–water partition coefficient (Wildman–Crippen LogP) is 4.29. The first kappa shape index (κ1) is 21.7. The summed E-state index contributed by atoms with van der Waals surface area (Å²) < 4.78 is 38.6. The number of halogens is 3. The first-order valence-corrected chi connectivity index (χ1v) is 11.5. The summed E-state index contributed by atoms with van der Waals surface area (Å²) in [7, 11) is 0. The highest BCUT2D eigenvalue weighted by Gasteiger charge is 2.47. The third-order valence-electron chi connectivity index (χ3n) is 6.10. The van der Waals surface area contributed by atoms with E-state index in [0.717, 1.165) is 29.6 Å². The number of fused-ring (bicyclic) bond motifs is 1. The molecule has 0 radical (unpaired) electrons. The Bertz CT molecular complexity index is 1170. The van der Waals surface area contributed by atoms with Gasteiger partial charge in [0.05, 0.1) is 5.56 Å². The van der Waals surface area contributed by atoms with Gasteiger partial charge in [0, 0.05) is 42.6 Å². The van der Waals surface area contributed by atoms with Gasteiger partial charge < -0.3 is 10.2 Å². The van der Waals surface area contributed by atoms with E-state index in [2.05, 4.69) is 25.3 Å². The normalized spacial score (nSPS) is 22.1. The lowest BCUT2D eigenvalue weighted by Gasteiger charge is -2.35. The minimum absolute atomic E-state index is 0.175. The van der Waals surface area contributed by atoms with Gasteiger partial charge in [0.1, 0.15) is 5.69 Å². The molecule has 1 saturated carbocycles. The maximum atomic E-state index is 13.7. The highest BCUT2D eigenvalue weighted by molar-refractivity contribution is 7.13. The second-order valence-electron chi connectivity index (χ2n) is 8.44. The Morgan fingerprint density at radius 3 is 2.70 bits per heavy atom. The number of carbonyl (C=O) groups excluding carboxylic acids is 1. The van der Waals surface area contributed by atoms with E-state index in [0.29, 0.717) is 47.7 Å². The van der Waals surface area contributed by atoms with Gasteiger partial charge in [0.15, 0.2) is 16.6 Å². The molecule has 0 spiro atoms. The third kappa shape index (κ3) is 4.54. The first-order valence-electron chi connectivity index (χ1n) is 10.6. The van der Waals surface area contributed by atoms with E-state index >= 15 is 0 Å². The van der Waals surface area contributed by atoms with Crippen molar-refractivity contribution in [3.8, 4) is 11.4 Å². The van der Waals surface area contributed by atoms with Gasteiger partial charge in [-0.1, -0.05) is 0 Å². The van der Waals surface area contributed by atoms with Crippen LogP contribution in [-0.4, -0.2) is 49.9 Å². The zero-order valence-corrected chi connectivity index (χ0v) is 18.5. The number of rotatable bonds is 5. The van der Waals surface area contributed by atoms with Crippen molar-refractivity contribution < 1.29 is 18.0 Å². The van der Waals surface area contributed by atoms with Crippen LogP contribution < -0.4 is 5.32 Å². The number of thiazole rings is 1. The van der Waals surface area contributed by atoms with Crippen molar-refractivity contribution >= 4 is 22.4 Å². The number of amides is 1. The van der Waals surface area contributed by atoms with Gasteiger partial charge in [-0.3, -0.25) is 4.79 Å². The molecule has 2 aliphatic rings. The Balaban J connectivity index is 1.39. The van der Waals surface area contributed by atoms with Crippen LogP contribution in [0.3, 0.4) is 0 Å². The Hall–Kier alpha value is -3.08. The number of alkyl halides is 3. The van der Waals surface area contributed by atoms with E-state index in [9.17, 15) is 18.0 Å². The lowest BCUT2D eigenvalue weighted by molar-refractivity contribution is -0.140. The molecule has 3 unspecified atom stereocenters. The maximum absolute atomic E-state index is 13.7. The molecular formula is C22H21F3N6OS.